The Morgan fingerprint density at radius 2 is 1.86 bits per heavy atom. The number of hydrogen-bond donors (Lipinski definition) is 0. The lowest BCUT2D eigenvalue weighted by Crippen LogP contribution is -1.86. The predicted molar refractivity (Wildman–Crippen MR) is 82.5 cm³/mol. The SMILES string of the molecule is Cc1nnc(-c2ccc3occ(-c4ccccc4Cl)c3n2)o1. The van der Waals surface area contributed by atoms with Gasteiger partial charge in [-0.15, -0.1) is 10.2 Å². The first-order valence-electron chi connectivity index (χ1n) is 6.66. The smallest absolute Gasteiger partial charge is 0.266 e. The minimum absolute atomic E-state index is 0.380. The van der Waals surface area contributed by atoms with Crippen molar-refractivity contribution in [1.82, 2.24) is 15.2 Å². The number of nitrogens with zero attached hydrogens (tertiary/aromatic N) is 3. The fraction of sp³-hybridized carbons (Fsp3) is 0.0625. The number of hydrogen-bond acceptors (Lipinski definition) is 5. The average molecular weight is 312 g/mol. The highest BCUT2D eigenvalue weighted by Gasteiger charge is 2.15. The molecule has 0 atom stereocenters. The van der Waals surface area contributed by atoms with E-state index in [0.717, 1.165) is 11.1 Å². The Bertz CT molecular complexity index is 974. The summed E-state index contributed by atoms with van der Waals surface area (Å²) in [4.78, 5) is 4.59. The minimum atomic E-state index is 0.380. The Balaban J connectivity index is 1.92. The van der Waals surface area contributed by atoms with E-state index in [-0.39, 0.29) is 0 Å². The molecule has 4 aromatic rings. The molecule has 3 aromatic heterocycles. The summed E-state index contributed by atoms with van der Waals surface area (Å²) in [7, 11) is 0. The zero-order valence-electron chi connectivity index (χ0n) is 11.6. The van der Waals surface area contributed by atoms with Crippen molar-refractivity contribution >= 4 is 22.7 Å². The normalized spacial score (nSPS) is 11.2. The number of pyridine rings is 1. The van der Waals surface area contributed by atoms with Crippen molar-refractivity contribution in [1.29, 1.82) is 0 Å². The van der Waals surface area contributed by atoms with Gasteiger partial charge in [-0.25, -0.2) is 4.98 Å². The quantitative estimate of drug-likeness (QED) is 0.545. The molecule has 0 aliphatic carbocycles. The first-order valence-corrected chi connectivity index (χ1v) is 7.04. The highest BCUT2D eigenvalue weighted by molar-refractivity contribution is 6.33. The summed E-state index contributed by atoms with van der Waals surface area (Å²) in [6.45, 7) is 1.74. The third-order valence-corrected chi connectivity index (χ3v) is 3.66. The summed E-state index contributed by atoms with van der Waals surface area (Å²) in [6, 6.07) is 11.2. The van der Waals surface area contributed by atoms with E-state index in [1.165, 1.54) is 0 Å². The van der Waals surface area contributed by atoms with E-state index in [2.05, 4.69) is 15.2 Å². The van der Waals surface area contributed by atoms with Gasteiger partial charge >= 0.3 is 0 Å². The molecule has 0 radical (unpaired) electrons. The molecule has 1 aromatic carbocycles. The van der Waals surface area contributed by atoms with Gasteiger partial charge < -0.3 is 8.83 Å². The molecule has 0 spiro atoms. The van der Waals surface area contributed by atoms with Gasteiger partial charge in [0.1, 0.15) is 17.5 Å². The lowest BCUT2D eigenvalue weighted by molar-refractivity contribution is 0.531. The van der Waals surface area contributed by atoms with Crippen LogP contribution in [0.15, 0.2) is 51.5 Å². The lowest BCUT2D eigenvalue weighted by atomic mass is 10.1. The third kappa shape index (κ3) is 2.07. The molecule has 0 unspecified atom stereocenters. The van der Waals surface area contributed by atoms with Gasteiger partial charge in [0.05, 0.1) is 0 Å². The highest BCUT2D eigenvalue weighted by atomic mass is 35.5. The number of benzene rings is 1. The monoisotopic (exact) mass is 311 g/mol. The topological polar surface area (TPSA) is 65.0 Å². The Labute approximate surface area is 130 Å². The number of rotatable bonds is 2. The van der Waals surface area contributed by atoms with Crippen molar-refractivity contribution in [2.45, 2.75) is 6.92 Å². The molecule has 6 heteroatoms. The average Bonchev–Trinajstić information content (AvgIpc) is 3.13. The second kappa shape index (κ2) is 4.96. The molecule has 108 valence electrons. The highest BCUT2D eigenvalue weighted by Crippen LogP contribution is 2.34. The van der Waals surface area contributed by atoms with Crippen LogP contribution < -0.4 is 0 Å². The van der Waals surface area contributed by atoms with E-state index >= 15 is 0 Å². The molecular formula is C16H10ClN3O2. The van der Waals surface area contributed by atoms with E-state index in [9.17, 15) is 0 Å². The minimum Gasteiger partial charge on any atom is -0.462 e. The number of furan rings is 1. The molecule has 0 aliphatic heterocycles. The molecular weight excluding hydrogens is 302 g/mol. The van der Waals surface area contributed by atoms with Crippen LogP contribution in [0.25, 0.3) is 33.8 Å². The maximum atomic E-state index is 6.27. The van der Waals surface area contributed by atoms with E-state index < -0.39 is 0 Å². The second-order valence-electron chi connectivity index (χ2n) is 4.80. The molecule has 3 heterocycles. The molecule has 5 nitrogen and oxygen atoms in total. The molecule has 4 rings (SSSR count). The van der Waals surface area contributed by atoms with Gasteiger partial charge in [0.2, 0.25) is 5.89 Å². The molecule has 0 aliphatic rings. The number of aromatic nitrogens is 3. The van der Waals surface area contributed by atoms with E-state index in [1.54, 1.807) is 19.3 Å². The summed E-state index contributed by atoms with van der Waals surface area (Å²) < 4.78 is 11.0. The first-order chi connectivity index (χ1) is 10.7. The Hall–Kier alpha value is -2.66. The lowest BCUT2D eigenvalue weighted by Gasteiger charge is -2.01. The molecule has 0 N–H and O–H groups in total. The summed E-state index contributed by atoms with van der Waals surface area (Å²) in [5, 5.41) is 8.46. The van der Waals surface area contributed by atoms with Crippen molar-refractivity contribution in [3.05, 3.63) is 53.6 Å². The van der Waals surface area contributed by atoms with Crippen LogP contribution in [0, 0.1) is 6.92 Å². The Morgan fingerprint density at radius 3 is 2.64 bits per heavy atom. The van der Waals surface area contributed by atoms with E-state index in [4.69, 9.17) is 20.4 Å². The molecule has 0 bridgehead atoms. The molecule has 0 amide bonds. The zero-order chi connectivity index (χ0) is 15.1. The van der Waals surface area contributed by atoms with Crippen LogP contribution in [0.2, 0.25) is 5.02 Å². The summed E-state index contributed by atoms with van der Waals surface area (Å²) >= 11 is 6.27. The second-order valence-corrected chi connectivity index (χ2v) is 5.21. The number of halogens is 1. The molecule has 0 saturated carbocycles. The summed E-state index contributed by atoms with van der Waals surface area (Å²) in [6.07, 6.45) is 1.65. The van der Waals surface area contributed by atoms with Crippen LogP contribution in [0.5, 0.6) is 0 Å². The van der Waals surface area contributed by atoms with Gasteiger partial charge in [-0.2, -0.15) is 0 Å². The largest absolute Gasteiger partial charge is 0.462 e. The van der Waals surface area contributed by atoms with E-state index in [0.29, 0.717) is 33.6 Å². The van der Waals surface area contributed by atoms with Gasteiger partial charge in [-0.3, -0.25) is 0 Å². The fourth-order valence-corrected chi connectivity index (χ4v) is 2.54. The van der Waals surface area contributed by atoms with Crippen LogP contribution >= 0.6 is 11.6 Å². The van der Waals surface area contributed by atoms with Crippen LogP contribution in [-0.4, -0.2) is 15.2 Å². The van der Waals surface area contributed by atoms with E-state index in [1.807, 2.05) is 30.3 Å². The van der Waals surface area contributed by atoms with Crippen molar-refractivity contribution in [2.75, 3.05) is 0 Å². The van der Waals surface area contributed by atoms with Crippen molar-refractivity contribution in [3.8, 4) is 22.7 Å². The number of aryl methyl sites for hydroxylation is 1. The standard InChI is InChI=1S/C16H10ClN3O2/c1-9-19-20-16(22-9)13-6-7-14-15(18-13)11(8-21-14)10-4-2-3-5-12(10)17/h2-8H,1H3. The Kier molecular flexibility index (Phi) is 2.94. The maximum absolute atomic E-state index is 6.27. The third-order valence-electron chi connectivity index (χ3n) is 3.33. The van der Waals surface area contributed by atoms with Gasteiger partial charge in [-0.05, 0) is 18.2 Å². The fourth-order valence-electron chi connectivity index (χ4n) is 2.30. The van der Waals surface area contributed by atoms with Crippen molar-refractivity contribution in [2.24, 2.45) is 0 Å². The van der Waals surface area contributed by atoms with Gasteiger partial charge in [0, 0.05) is 23.1 Å². The maximum Gasteiger partial charge on any atom is 0.266 e. The summed E-state index contributed by atoms with van der Waals surface area (Å²) in [5.41, 5.74) is 3.69. The predicted octanol–water partition coefficient (Wildman–Crippen LogP) is 4.51. The number of fused-ring (bicyclic) bond motifs is 1. The van der Waals surface area contributed by atoms with Crippen molar-refractivity contribution in [3.63, 3.8) is 0 Å². The van der Waals surface area contributed by atoms with Gasteiger partial charge in [0.25, 0.3) is 5.89 Å². The van der Waals surface area contributed by atoms with Crippen molar-refractivity contribution < 1.29 is 8.83 Å². The van der Waals surface area contributed by atoms with Gasteiger partial charge in [-0.1, -0.05) is 29.8 Å². The van der Waals surface area contributed by atoms with Crippen LogP contribution in [0.4, 0.5) is 0 Å². The first kappa shape index (κ1) is 13.0. The van der Waals surface area contributed by atoms with Crippen LogP contribution in [-0.2, 0) is 0 Å². The zero-order valence-corrected chi connectivity index (χ0v) is 12.3. The van der Waals surface area contributed by atoms with Crippen LogP contribution in [0.3, 0.4) is 0 Å². The molecule has 0 fully saturated rings. The summed E-state index contributed by atoms with van der Waals surface area (Å²) in [5.74, 6) is 0.876. The Morgan fingerprint density at radius 1 is 1.00 bits per heavy atom. The molecule has 0 saturated heterocycles. The molecule has 22 heavy (non-hydrogen) atoms. The van der Waals surface area contributed by atoms with Gasteiger partial charge in [0.15, 0.2) is 5.58 Å². The van der Waals surface area contributed by atoms with Crippen LogP contribution in [0.1, 0.15) is 5.89 Å².